The van der Waals surface area contributed by atoms with Crippen molar-refractivity contribution in [3.63, 3.8) is 0 Å². The fraction of sp³-hybridized carbons (Fsp3) is 0.217. The summed E-state index contributed by atoms with van der Waals surface area (Å²) >= 11 is 0. The molecule has 0 saturated heterocycles. The summed E-state index contributed by atoms with van der Waals surface area (Å²) in [5, 5.41) is 2.82. The van der Waals surface area contributed by atoms with E-state index >= 15 is 0 Å². The zero-order chi connectivity index (χ0) is 22.6. The van der Waals surface area contributed by atoms with E-state index in [-0.39, 0.29) is 10.8 Å². The lowest BCUT2D eigenvalue weighted by Crippen LogP contribution is -2.23. The quantitative estimate of drug-likeness (QED) is 0.589. The third-order valence-electron chi connectivity index (χ3n) is 4.91. The Balaban J connectivity index is 1.64. The second-order valence-electron chi connectivity index (χ2n) is 7.53. The Morgan fingerprint density at radius 3 is 2.26 bits per heavy atom. The number of amides is 1. The second kappa shape index (κ2) is 9.18. The molecule has 2 N–H and O–H groups in total. The summed E-state index contributed by atoms with van der Waals surface area (Å²) < 4.78 is 27.9. The molecule has 0 saturated carbocycles. The van der Waals surface area contributed by atoms with Gasteiger partial charge in [-0.1, -0.05) is 12.1 Å². The SMILES string of the molecule is Cc1ccc(NS(=O)(=O)c2ccc(C(=O)NCc3ccc(N(C)C)nc3)cc2)cc1C. The van der Waals surface area contributed by atoms with Crippen LogP contribution in [0.5, 0.6) is 0 Å². The summed E-state index contributed by atoms with van der Waals surface area (Å²) in [5.74, 6) is 0.545. The Kier molecular flexibility index (Phi) is 6.60. The number of anilines is 2. The zero-order valence-corrected chi connectivity index (χ0v) is 18.8. The van der Waals surface area contributed by atoms with Crippen LogP contribution in [0.25, 0.3) is 0 Å². The number of aromatic nitrogens is 1. The largest absolute Gasteiger partial charge is 0.363 e. The van der Waals surface area contributed by atoms with E-state index in [1.54, 1.807) is 18.3 Å². The Morgan fingerprint density at radius 1 is 0.968 bits per heavy atom. The number of pyridine rings is 1. The lowest BCUT2D eigenvalue weighted by atomic mass is 10.1. The number of nitrogens with one attached hydrogen (secondary N) is 2. The van der Waals surface area contributed by atoms with E-state index in [0.717, 1.165) is 22.5 Å². The average Bonchev–Trinajstić information content (AvgIpc) is 2.75. The highest BCUT2D eigenvalue weighted by molar-refractivity contribution is 7.92. The van der Waals surface area contributed by atoms with Gasteiger partial charge in [0.25, 0.3) is 15.9 Å². The van der Waals surface area contributed by atoms with E-state index in [1.165, 1.54) is 24.3 Å². The molecule has 3 aromatic rings. The highest BCUT2D eigenvalue weighted by atomic mass is 32.2. The third-order valence-corrected chi connectivity index (χ3v) is 6.30. The molecule has 0 aliphatic rings. The van der Waals surface area contributed by atoms with Crippen LogP contribution in [0, 0.1) is 13.8 Å². The Morgan fingerprint density at radius 2 is 1.68 bits per heavy atom. The molecule has 2 aromatic carbocycles. The van der Waals surface area contributed by atoms with Crippen molar-refractivity contribution < 1.29 is 13.2 Å². The van der Waals surface area contributed by atoms with Crippen LogP contribution in [0.1, 0.15) is 27.0 Å². The number of carbonyl (C=O) groups excluding carboxylic acids is 1. The van der Waals surface area contributed by atoms with Gasteiger partial charge >= 0.3 is 0 Å². The number of nitrogens with zero attached hydrogens (tertiary/aromatic N) is 2. The molecule has 0 atom stereocenters. The fourth-order valence-corrected chi connectivity index (χ4v) is 3.92. The molecule has 0 radical (unpaired) electrons. The predicted molar refractivity (Wildman–Crippen MR) is 123 cm³/mol. The Bertz CT molecular complexity index is 1170. The van der Waals surface area contributed by atoms with Crippen LogP contribution in [-0.4, -0.2) is 33.4 Å². The van der Waals surface area contributed by atoms with E-state index in [2.05, 4.69) is 15.0 Å². The van der Waals surface area contributed by atoms with Crippen molar-refractivity contribution in [1.29, 1.82) is 0 Å². The average molecular weight is 439 g/mol. The van der Waals surface area contributed by atoms with E-state index < -0.39 is 10.0 Å². The molecular weight excluding hydrogens is 412 g/mol. The van der Waals surface area contributed by atoms with Gasteiger partial charge in [-0.2, -0.15) is 0 Å². The number of aryl methyl sites for hydroxylation is 2. The first-order valence-electron chi connectivity index (χ1n) is 9.76. The lowest BCUT2D eigenvalue weighted by molar-refractivity contribution is 0.0951. The summed E-state index contributed by atoms with van der Waals surface area (Å²) in [6, 6.07) is 15.0. The monoisotopic (exact) mass is 438 g/mol. The van der Waals surface area contributed by atoms with Gasteiger partial charge in [0.05, 0.1) is 4.90 Å². The van der Waals surface area contributed by atoms with Gasteiger partial charge in [0, 0.05) is 38.1 Å². The van der Waals surface area contributed by atoms with Crippen molar-refractivity contribution in [1.82, 2.24) is 10.3 Å². The highest BCUT2D eigenvalue weighted by Gasteiger charge is 2.15. The number of carbonyl (C=O) groups is 1. The van der Waals surface area contributed by atoms with Crippen molar-refractivity contribution in [2.24, 2.45) is 0 Å². The summed E-state index contributed by atoms with van der Waals surface area (Å²) in [6.45, 7) is 4.22. The maximum atomic E-state index is 12.6. The summed E-state index contributed by atoms with van der Waals surface area (Å²) in [6.07, 6.45) is 1.71. The number of sulfonamides is 1. The van der Waals surface area contributed by atoms with Crippen molar-refractivity contribution in [3.8, 4) is 0 Å². The van der Waals surface area contributed by atoms with Crippen LogP contribution in [0.4, 0.5) is 11.5 Å². The molecule has 8 heteroatoms. The first-order chi connectivity index (χ1) is 14.7. The Labute approximate surface area is 183 Å². The first-order valence-corrected chi connectivity index (χ1v) is 11.2. The van der Waals surface area contributed by atoms with Crippen molar-refractivity contribution in [2.45, 2.75) is 25.3 Å². The van der Waals surface area contributed by atoms with Crippen molar-refractivity contribution >= 4 is 27.4 Å². The highest BCUT2D eigenvalue weighted by Crippen LogP contribution is 2.19. The number of hydrogen-bond donors (Lipinski definition) is 2. The van der Waals surface area contributed by atoms with Gasteiger partial charge in [0.2, 0.25) is 0 Å². The van der Waals surface area contributed by atoms with Gasteiger partial charge in [-0.25, -0.2) is 13.4 Å². The first kappa shape index (κ1) is 22.3. The smallest absolute Gasteiger partial charge is 0.261 e. The van der Waals surface area contributed by atoms with Crippen LogP contribution in [0.3, 0.4) is 0 Å². The van der Waals surface area contributed by atoms with E-state index in [4.69, 9.17) is 0 Å². The minimum absolute atomic E-state index is 0.0887. The van der Waals surface area contributed by atoms with Crippen LogP contribution >= 0.6 is 0 Å². The van der Waals surface area contributed by atoms with E-state index in [0.29, 0.717) is 17.8 Å². The van der Waals surface area contributed by atoms with Gasteiger partial charge in [-0.05, 0) is 73.0 Å². The van der Waals surface area contributed by atoms with Gasteiger partial charge in [-0.15, -0.1) is 0 Å². The molecular formula is C23H26N4O3S. The van der Waals surface area contributed by atoms with Crippen LogP contribution in [0.15, 0.2) is 65.7 Å². The maximum absolute atomic E-state index is 12.6. The van der Waals surface area contributed by atoms with Gasteiger partial charge < -0.3 is 10.2 Å². The Hall–Kier alpha value is -3.39. The molecule has 1 amide bonds. The number of rotatable bonds is 7. The molecule has 0 aliphatic carbocycles. The van der Waals surface area contributed by atoms with Crippen molar-refractivity contribution in [2.75, 3.05) is 23.7 Å². The van der Waals surface area contributed by atoms with Gasteiger partial charge in [-0.3, -0.25) is 9.52 Å². The summed E-state index contributed by atoms with van der Waals surface area (Å²) in [5.41, 5.74) is 3.83. The fourth-order valence-electron chi connectivity index (χ4n) is 2.87. The van der Waals surface area contributed by atoms with E-state index in [1.807, 2.05) is 51.0 Å². The van der Waals surface area contributed by atoms with Crippen molar-refractivity contribution in [3.05, 3.63) is 83.0 Å². The molecule has 1 heterocycles. The summed E-state index contributed by atoms with van der Waals surface area (Å²) in [7, 11) is 0.0697. The minimum atomic E-state index is -3.75. The topological polar surface area (TPSA) is 91.4 Å². The molecule has 1 aromatic heterocycles. The molecule has 0 spiro atoms. The van der Waals surface area contributed by atoms with Crippen LogP contribution < -0.4 is 14.9 Å². The number of hydrogen-bond acceptors (Lipinski definition) is 5. The van der Waals surface area contributed by atoms with Crippen LogP contribution in [-0.2, 0) is 16.6 Å². The van der Waals surface area contributed by atoms with Gasteiger partial charge in [0.1, 0.15) is 5.82 Å². The molecule has 31 heavy (non-hydrogen) atoms. The standard InChI is InChI=1S/C23H26N4O3S/c1-16-5-9-20(13-17(16)2)26-31(29,30)21-10-7-19(8-11-21)23(28)25-15-18-6-12-22(24-14-18)27(3)4/h5-14,26H,15H2,1-4H3,(H,25,28). The molecule has 0 aliphatic heterocycles. The molecule has 0 unspecified atom stereocenters. The minimum Gasteiger partial charge on any atom is -0.363 e. The number of benzene rings is 2. The zero-order valence-electron chi connectivity index (χ0n) is 18.0. The van der Waals surface area contributed by atoms with Gasteiger partial charge in [0.15, 0.2) is 0 Å². The molecule has 7 nitrogen and oxygen atoms in total. The summed E-state index contributed by atoms with van der Waals surface area (Å²) in [4.78, 5) is 18.7. The predicted octanol–water partition coefficient (Wildman–Crippen LogP) is 3.50. The molecule has 0 fully saturated rings. The normalized spacial score (nSPS) is 11.1. The van der Waals surface area contributed by atoms with Crippen LogP contribution in [0.2, 0.25) is 0 Å². The maximum Gasteiger partial charge on any atom is 0.261 e. The van der Waals surface area contributed by atoms with E-state index in [9.17, 15) is 13.2 Å². The lowest BCUT2D eigenvalue weighted by Gasteiger charge is -2.12. The molecule has 162 valence electrons. The molecule has 0 bridgehead atoms. The second-order valence-corrected chi connectivity index (χ2v) is 9.21. The molecule has 3 rings (SSSR count). The third kappa shape index (κ3) is 5.61.